The van der Waals surface area contributed by atoms with Gasteiger partial charge in [0.25, 0.3) is 5.91 Å². The number of benzene rings is 1. The lowest BCUT2D eigenvalue weighted by Crippen LogP contribution is -2.39. The number of likely N-dealkylation sites (tertiary alicyclic amines) is 1. The Kier molecular flexibility index (Phi) is 5.23. The molecule has 4 rings (SSSR count). The van der Waals surface area contributed by atoms with Crippen LogP contribution < -0.4 is 10.2 Å². The Hall–Kier alpha value is -2.63. The molecule has 1 N–H and O–H groups in total. The van der Waals surface area contributed by atoms with Gasteiger partial charge >= 0.3 is 0 Å². The molecule has 1 aromatic heterocycles. The lowest BCUT2D eigenvalue weighted by Gasteiger charge is -2.30. The number of piperidine rings is 1. The first kappa shape index (κ1) is 17.8. The Morgan fingerprint density at radius 3 is 2.41 bits per heavy atom. The van der Waals surface area contributed by atoms with Crippen molar-refractivity contribution in [2.75, 3.05) is 36.4 Å². The van der Waals surface area contributed by atoms with Gasteiger partial charge in [0.2, 0.25) is 5.95 Å². The summed E-state index contributed by atoms with van der Waals surface area (Å²) in [4.78, 5) is 25.6. The number of rotatable bonds is 4. The topological polar surface area (TPSA) is 61.4 Å². The fourth-order valence-electron chi connectivity index (χ4n) is 3.92. The molecule has 2 aliphatic heterocycles. The third-order valence-electron chi connectivity index (χ3n) is 5.44. The highest BCUT2D eigenvalue weighted by Gasteiger charge is 2.22. The van der Waals surface area contributed by atoms with Crippen LogP contribution in [0, 0.1) is 5.92 Å². The number of carbonyl (C=O) groups excluding carboxylic acids is 1. The van der Waals surface area contributed by atoms with E-state index < -0.39 is 0 Å². The molecule has 2 aliphatic rings. The molecule has 142 valence electrons. The maximum absolute atomic E-state index is 12.6. The molecule has 1 aromatic carbocycles. The second kappa shape index (κ2) is 7.94. The van der Waals surface area contributed by atoms with E-state index in [0.717, 1.165) is 38.3 Å². The number of hydrogen-bond donors (Lipinski definition) is 1. The first-order valence-corrected chi connectivity index (χ1v) is 9.92. The number of hydrogen-bond acceptors (Lipinski definition) is 5. The Balaban J connectivity index is 1.38. The van der Waals surface area contributed by atoms with Crippen LogP contribution >= 0.6 is 0 Å². The fourth-order valence-corrected chi connectivity index (χ4v) is 3.92. The summed E-state index contributed by atoms with van der Waals surface area (Å²) in [6.45, 7) is 6.12. The van der Waals surface area contributed by atoms with Gasteiger partial charge in [0.15, 0.2) is 0 Å². The van der Waals surface area contributed by atoms with Crippen molar-refractivity contribution in [2.45, 2.75) is 32.6 Å². The summed E-state index contributed by atoms with van der Waals surface area (Å²) < 4.78 is 0. The van der Waals surface area contributed by atoms with E-state index in [-0.39, 0.29) is 5.91 Å². The van der Waals surface area contributed by atoms with E-state index in [4.69, 9.17) is 0 Å². The number of nitrogens with zero attached hydrogens (tertiary/aromatic N) is 4. The maximum Gasteiger partial charge on any atom is 0.257 e. The predicted molar refractivity (Wildman–Crippen MR) is 108 cm³/mol. The minimum absolute atomic E-state index is 0.0306. The van der Waals surface area contributed by atoms with Gasteiger partial charge in [-0.3, -0.25) is 4.79 Å². The van der Waals surface area contributed by atoms with Gasteiger partial charge in [-0.2, -0.15) is 0 Å². The summed E-state index contributed by atoms with van der Waals surface area (Å²) in [6, 6.07) is 8.35. The fraction of sp³-hybridized carbons (Fsp3) is 0.476. The molecule has 1 unspecified atom stereocenters. The van der Waals surface area contributed by atoms with Gasteiger partial charge < -0.3 is 15.1 Å². The second-order valence-electron chi connectivity index (χ2n) is 7.66. The van der Waals surface area contributed by atoms with E-state index >= 15 is 0 Å². The highest BCUT2D eigenvalue weighted by Crippen LogP contribution is 2.23. The average Bonchev–Trinajstić information content (AvgIpc) is 3.23. The lowest BCUT2D eigenvalue weighted by molar-refractivity contribution is 0.0682. The number of aromatic nitrogens is 2. The van der Waals surface area contributed by atoms with Crippen molar-refractivity contribution in [2.24, 2.45) is 5.92 Å². The van der Waals surface area contributed by atoms with Crippen LogP contribution in [0.1, 0.15) is 43.0 Å². The van der Waals surface area contributed by atoms with Crippen LogP contribution in [0.2, 0.25) is 0 Å². The molecule has 6 heteroatoms. The molecular weight excluding hydrogens is 338 g/mol. The summed E-state index contributed by atoms with van der Waals surface area (Å²) in [7, 11) is 0. The van der Waals surface area contributed by atoms with Crippen LogP contribution in [0.5, 0.6) is 0 Å². The molecule has 0 aliphatic carbocycles. The first-order chi connectivity index (χ1) is 13.2. The highest BCUT2D eigenvalue weighted by molar-refractivity contribution is 5.93. The van der Waals surface area contributed by atoms with E-state index in [1.165, 1.54) is 24.9 Å². The number of amides is 1. The molecule has 0 bridgehead atoms. The van der Waals surface area contributed by atoms with Gasteiger partial charge in [0, 0.05) is 49.9 Å². The van der Waals surface area contributed by atoms with Crippen molar-refractivity contribution in [3.63, 3.8) is 0 Å². The molecule has 0 spiro atoms. The van der Waals surface area contributed by atoms with Gasteiger partial charge in [0.1, 0.15) is 0 Å². The van der Waals surface area contributed by atoms with Crippen LogP contribution in [0.25, 0.3) is 0 Å². The Bertz CT molecular complexity index is 768. The monoisotopic (exact) mass is 365 g/mol. The van der Waals surface area contributed by atoms with Crippen LogP contribution in [-0.2, 0) is 0 Å². The Morgan fingerprint density at radius 1 is 1.04 bits per heavy atom. The summed E-state index contributed by atoms with van der Waals surface area (Å²) in [5, 5.41) is 3.21. The maximum atomic E-state index is 12.6. The van der Waals surface area contributed by atoms with Crippen molar-refractivity contribution in [3.05, 3.63) is 42.2 Å². The first-order valence-electron chi connectivity index (χ1n) is 9.92. The number of nitrogens with one attached hydrogen (secondary N) is 1. The molecule has 2 aromatic rings. The van der Waals surface area contributed by atoms with Gasteiger partial charge in [-0.15, -0.1) is 0 Å². The number of carbonyl (C=O) groups is 1. The Labute approximate surface area is 160 Å². The predicted octanol–water partition coefficient (Wildman–Crippen LogP) is 3.69. The molecule has 0 saturated carbocycles. The van der Waals surface area contributed by atoms with Gasteiger partial charge in [-0.1, -0.05) is 6.92 Å². The number of anilines is 3. The zero-order valence-electron chi connectivity index (χ0n) is 15.9. The lowest BCUT2D eigenvalue weighted by atomic mass is 10.00. The minimum atomic E-state index is 0.0306. The van der Waals surface area contributed by atoms with E-state index in [0.29, 0.717) is 17.4 Å². The van der Waals surface area contributed by atoms with Crippen molar-refractivity contribution in [1.29, 1.82) is 0 Å². The van der Waals surface area contributed by atoms with E-state index in [2.05, 4.69) is 39.2 Å². The molecule has 1 atom stereocenters. The molecule has 1 amide bonds. The van der Waals surface area contributed by atoms with Crippen molar-refractivity contribution in [1.82, 2.24) is 14.9 Å². The quantitative estimate of drug-likeness (QED) is 0.895. The summed E-state index contributed by atoms with van der Waals surface area (Å²) in [6.07, 6.45) is 8.05. The minimum Gasteiger partial charge on any atom is -0.372 e. The van der Waals surface area contributed by atoms with Gasteiger partial charge in [-0.05, 0) is 55.9 Å². The van der Waals surface area contributed by atoms with Gasteiger partial charge in [0.05, 0.1) is 5.56 Å². The molecule has 0 radical (unpaired) electrons. The van der Waals surface area contributed by atoms with Crippen molar-refractivity contribution < 1.29 is 4.79 Å². The zero-order chi connectivity index (χ0) is 18.6. The summed E-state index contributed by atoms with van der Waals surface area (Å²) in [5.74, 6) is 1.10. The smallest absolute Gasteiger partial charge is 0.257 e. The van der Waals surface area contributed by atoms with Crippen LogP contribution in [0.3, 0.4) is 0 Å². The highest BCUT2D eigenvalue weighted by atomic mass is 16.2. The van der Waals surface area contributed by atoms with Crippen LogP contribution in [0.4, 0.5) is 17.3 Å². The molecule has 3 heterocycles. The molecule has 27 heavy (non-hydrogen) atoms. The van der Waals surface area contributed by atoms with Crippen molar-refractivity contribution in [3.8, 4) is 0 Å². The average molecular weight is 365 g/mol. The van der Waals surface area contributed by atoms with Crippen LogP contribution in [-0.4, -0.2) is 47.0 Å². The normalized spacial score (nSPS) is 20.0. The van der Waals surface area contributed by atoms with E-state index in [9.17, 15) is 4.79 Å². The van der Waals surface area contributed by atoms with E-state index in [1.54, 1.807) is 12.4 Å². The van der Waals surface area contributed by atoms with Crippen LogP contribution in [0.15, 0.2) is 36.7 Å². The molecule has 6 nitrogen and oxygen atoms in total. The standard InChI is InChI=1S/C21H27N5O/c1-16-5-4-12-26(15-16)20(27)17-13-22-21(23-14-17)24-18-6-8-19(9-7-18)25-10-2-3-11-25/h6-9,13-14,16H,2-5,10-12,15H2,1H3,(H,22,23,24). The van der Waals surface area contributed by atoms with Gasteiger partial charge in [-0.25, -0.2) is 9.97 Å². The third-order valence-corrected chi connectivity index (χ3v) is 5.44. The molecule has 2 fully saturated rings. The zero-order valence-corrected chi connectivity index (χ0v) is 15.9. The summed E-state index contributed by atoms with van der Waals surface area (Å²) >= 11 is 0. The third kappa shape index (κ3) is 4.21. The summed E-state index contributed by atoms with van der Waals surface area (Å²) in [5.41, 5.74) is 2.76. The Morgan fingerprint density at radius 2 is 1.74 bits per heavy atom. The SMILES string of the molecule is CC1CCCN(C(=O)c2cnc(Nc3ccc(N4CCCC4)cc3)nc2)C1. The largest absolute Gasteiger partial charge is 0.372 e. The second-order valence-corrected chi connectivity index (χ2v) is 7.66. The van der Waals surface area contributed by atoms with E-state index in [1.807, 2.05) is 17.0 Å². The molecular formula is C21H27N5O. The van der Waals surface area contributed by atoms with Crippen molar-refractivity contribution >= 4 is 23.2 Å². The molecule has 2 saturated heterocycles.